The van der Waals surface area contributed by atoms with Crippen LogP contribution >= 0.6 is 11.6 Å². The van der Waals surface area contributed by atoms with Gasteiger partial charge >= 0.3 is 0 Å². The number of aliphatic imine (C=N–C) groups is 1. The quantitative estimate of drug-likeness (QED) is 0.130. The number of carbonyl (C=O) groups excluding carboxylic acids is 3. The number of halogens is 1. The van der Waals surface area contributed by atoms with E-state index in [2.05, 4.69) is 15.0 Å². The molecule has 1 heterocycles. The van der Waals surface area contributed by atoms with Gasteiger partial charge in [0.25, 0.3) is 0 Å². The van der Waals surface area contributed by atoms with Crippen molar-refractivity contribution >= 4 is 45.7 Å². The van der Waals surface area contributed by atoms with Crippen molar-refractivity contribution in [3.63, 3.8) is 0 Å². The maximum atomic E-state index is 13.0. The lowest BCUT2D eigenvalue weighted by molar-refractivity contribution is -0.137. The first-order valence-electron chi connectivity index (χ1n) is 10.9. The molecule has 1 aromatic carbocycles. The topological polar surface area (TPSA) is 177 Å². The van der Waals surface area contributed by atoms with Gasteiger partial charge in [-0.15, -0.1) is 0 Å². The third-order valence-corrected chi connectivity index (χ3v) is 6.92. The van der Waals surface area contributed by atoms with E-state index in [1.54, 1.807) is 24.3 Å². The van der Waals surface area contributed by atoms with E-state index in [1.807, 2.05) is 0 Å². The Hall–Kier alpha value is -2.70. The van der Waals surface area contributed by atoms with Crippen molar-refractivity contribution in [1.29, 1.82) is 0 Å². The first-order chi connectivity index (χ1) is 16.1. The minimum Gasteiger partial charge on any atom is -0.370 e. The molecule has 0 aromatic heterocycles. The van der Waals surface area contributed by atoms with Crippen LogP contribution in [0.15, 0.2) is 29.3 Å². The zero-order chi connectivity index (χ0) is 25.1. The molecule has 1 aliphatic rings. The van der Waals surface area contributed by atoms with Gasteiger partial charge in [0, 0.05) is 18.1 Å². The van der Waals surface area contributed by atoms with Gasteiger partial charge in [-0.05, 0) is 43.7 Å². The summed E-state index contributed by atoms with van der Waals surface area (Å²) < 4.78 is 27.8. The SMILES string of the molecule is NC(N)=NCCC[C@@H](C=O)NC(=O)CN1CCCC[C@H](NS(=O)(=O)Cc2ccccc2Cl)C1=O. The molecular formula is C21H31ClN6O5S. The van der Waals surface area contributed by atoms with E-state index < -0.39 is 33.9 Å². The molecule has 34 heavy (non-hydrogen) atoms. The molecule has 2 amide bonds. The molecule has 0 bridgehead atoms. The van der Waals surface area contributed by atoms with Gasteiger partial charge in [0.15, 0.2) is 5.96 Å². The molecule has 188 valence electrons. The van der Waals surface area contributed by atoms with E-state index in [9.17, 15) is 22.8 Å². The minimum atomic E-state index is -3.86. The monoisotopic (exact) mass is 514 g/mol. The predicted octanol–water partition coefficient (Wildman–Crippen LogP) is -0.122. The standard InChI is InChI=1S/C21H31ClN6O5S/c22-17-8-2-1-6-15(17)14-34(32,33)27-18-9-3-4-11-28(20(18)31)12-19(30)26-16(13-29)7-5-10-25-21(23)24/h1-2,6,8,13,16,18,27H,3-5,7,9-12,14H2,(H,26,30)(H4,23,24,25)/t16-,18-/m0/s1. The summed E-state index contributed by atoms with van der Waals surface area (Å²) in [6, 6.07) is 4.85. The van der Waals surface area contributed by atoms with Gasteiger partial charge in [0.05, 0.1) is 18.3 Å². The van der Waals surface area contributed by atoms with Crippen molar-refractivity contribution in [2.75, 3.05) is 19.6 Å². The van der Waals surface area contributed by atoms with Gasteiger partial charge in [-0.2, -0.15) is 0 Å². The number of nitrogens with two attached hydrogens (primary N) is 2. The third-order valence-electron chi connectivity index (χ3n) is 5.22. The van der Waals surface area contributed by atoms with Crippen LogP contribution in [0.4, 0.5) is 0 Å². The number of nitrogens with one attached hydrogen (secondary N) is 2. The Morgan fingerprint density at radius 3 is 2.71 bits per heavy atom. The number of likely N-dealkylation sites (tertiary alicyclic amines) is 1. The number of benzene rings is 1. The highest BCUT2D eigenvalue weighted by Crippen LogP contribution is 2.19. The fourth-order valence-corrected chi connectivity index (χ4v) is 5.25. The zero-order valence-electron chi connectivity index (χ0n) is 18.8. The van der Waals surface area contributed by atoms with E-state index >= 15 is 0 Å². The van der Waals surface area contributed by atoms with Crippen molar-refractivity contribution in [2.45, 2.75) is 49.9 Å². The summed E-state index contributed by atoms with van der Waals surface area (Å²) in [5.74, 6) is -1.40. The third kappa shape index (κ3) is 9.27. The molecule has 1 saturated heterocycles. The summed E-state index contributed by atoms with van der Waals surface area (Å²) in [4.78, 5) is 41.9. The summed E-state index contributed by atoms with van der Waals surface area (Å²) >= 11 is 6.06. The van der Waals surface area contributed by atoms with Crippen LogP contribution in [0.3, 0.4) is 0 Å². The summed E-state index contributed by atoms with van der Waals surface area (Å²) in [5.41, 5.74) is 10.9. The van der Waals surface area contributed by atoms with Crippen LogP contribution in [0, 0.1) is 0 Å². The van der Waals surface area contributed by atoms with Crippen molar-refractivity contribution in [2.24, 2.45) is 16.5 Å². The van der Waals surface area contributed by atoms with Gasteiger partial charge in [-0.1, -0.05) is 29.8 Å². The van der Waals surface area contributed by atoms with Crippen LogP contribution in [-0.4, -0.2) is 69.1 Å². The zero-order valence-corrected chi connectivity index (χ0v) is 20.4. The van der Waals surface area contributed by atoms with Crippen molar-refractivity contribution < 1.29 is 22.8 Å². The van der Waals surface area contributed by atoms with Crippen molar-refractivity contribution in [3.8, 4) is 0 Å². The van der Waals surface area contributed by atoms with E-state index in [4.69, 9.17) is 23.1 Å². The Morgan fingerprint density at radius 2 is 2.03 bits per heavy atom. The molecule has 2 rings (SSSR count). The molecule has 1 aliphatic heterocycles. The molecule has 11 nitrogen and oxygen atoms in total. The van der Waals surface area contributed by atoms with Crippen LogP contribution < -0.4 is 21.5 Å². The van der Waals surface area contributed by atoms with Crippen LogP contribution in [0.2, 0.25) is 5.02 Å². The lowest BCUT2D eigenvalue weighted by atomic mass is 10.1. The highest BCUT2D eigenvalue weighted by molar-refractivity contribution is 7.88. The fraction of sp³-hybridized carbons (Fsp3) is 0.524. The first-order valence-corrected chi connectivity index (χ1v) is 13.0. The molecule has 0 spiro atoms. The number of amides is 2. The molecular weight excluding hydrogens is 484 g/mol. The normalized spacial score (nSPS) is 17.5. The van der Waals surface area contributed by atoms with Crippen molar-refractivity contribution in [3.05, 3.63) is 34.9 Å². The number of hydrogen-bond acceptors (Lipinski definition) is 6. The molecule has 0 saturated carbocycles. The lowest BCUT2D eigenvalue weighted by Gasteiger charge is -2.25. The molecule has 0 aliphatic carbocycles. The predicted molar refractivity (Wildman–Crippen MR) is 129 cm³/mol. The number of hydrogen-bond donors (Lipinski definition) is 4. The summed E-state index contributed by atoms with van der Waals surface area (Å²) in [5, 5.41) is 2.90. The van der Waals surface area contributed by atoms with Gasteiger partial charge in [0.2, 0.25) is 21.8 Å². The van der Waals surface area contributed by atoms with Gasteiger partial charge in [0.1, 0.15) is 12.3 Å². The van der Waals surface area contributed by atoms with Gasteiger partial charge in [-0.25, -0.2) is 13.1 Å². The lowest BCUT2D eigenvalue weighted by Crippen LogP contribution is -2.51. The number of sulfonamides is 1. The largest absolute Gasteiger partial charge is 0.370 e. The van der Waals surface area contributed by atoms with E-state index in [-0.39, 0.29) is 18.3 Å². The molecule has 1 fully saturated rings. The summed E-state index contributed by atoms with van der Waals surface area (Å²) in [7, 11) is -3.86. The van der Waals surface area contributed by atoms with Gasteiger partial charge in [-0.3, -0.25) is 14.6 Å². The molecule has 6 N–H and O–H groups in total. The minimum absolute atomic E-state index is 0.0524. The molecule has 1 aromatic rings. The Bertz CT molecular complexity index is 999. The smallest absolute Gasteiger partial charge is 0.241 e. The second-order valence-corrected chi connectivity index (χ2v) is 10.2. The van der Waals surface area contributed by atoms with Crippen LogP contribution in [0.1, 0.15) is 37.7 Å². The Kier molecular flexibility index (Phi) is 10.7. The Labute approximate surface area is 204 Å². The van der Waals surface area contributed by atoms with Crippen molar-refractivity contribution in [1.82, 2.24) is 14.9 Å². The van der Waals surface area contributed by atoms with E-state index in [0.717, 1.165) is 0 Å². The maximum Gasteiger partial charge on any atom is 0.241 e. The average Bonchev–Trinajstić information content (AvgIpc) is 2.93. The molecule has 2 atom stereocenters. The average molecular weight is 515 g/mol. The highest BCUT2D eigenvalue weighted by Gasteiger charge is 2.31. The van der Waals surface area contributed by atoms with E-state index in [0.29, 0.717) is 62.1 Å². The number of nitrogens with zero attached hydrogens (tertiary/aromatic N) is 2. The Morgan fingerprint density at radius 1 is 1.29 bits per heavy atom. The summed E-state index contributed by atoms with van der Waals surface area (Å²) in [6.07, 6.45) is 3.00. The van der Waals surface area contributed by atoms with Gasteiger partial charge < -0.3 is 26.5 Å². The molecule has 0 radical (unpaired) electrons. The van der Waals surface area contributed by atoms with Crippen LogP contribution in [0.25, 0.3) is 0 Å². The first kappa shape index (κ1) is 27.5. The second-order valence-electron chi connectivity index (χ2n) is 8.04. The second kappa shape index (κ2) is 13.3. The summed E-state index contributed by atoms with van der Waals surface area (Å²) in [6.45, 7) is 0.355. The maximum absolute atomic E-state index is 13.0. The highest BCUT2D eigenvalue weighted by atomic mass is 35.5. The number of rotatable bonds is 12. The number of guanidine groups is 1. The fourth-order valence-electron chi connectivity index (χ4n) is 3.57. The molecule has 0 unspecified atom stereocenters. The van der Waals surface area contributed by atoms with Crippen LogP contribution in [0.5, 0.6) is 0 Å². The number of aldehydes is 1. The van der Waals surface area contributed by atoms with E-state index in [1.165, 1.54) is 4.90 Å². The Balaban J connectivity index is 1.95. The number of carbonyl (C=O) groups is 3. The molecule has 13 heteroatoms. The van der Waals surface area contributed by atoms with Crippen LogP contribution in [-0.2, 0) is 30.2 Å².